The summed E-state index contributed by atoms with van der Waals surface area (Å²) in [5.74, 6) is 0. The van der Waals surface area contributed by atoms with E-state index in [1.54, 1.807) is 0 Å². The molecule has 0 fully saturated rings. The molecule has 1 unspecified atom stereocenters. The van der Waals surface area contributed by atoms with Gasteiger partial charge in [-0.1, -0.05) is 24.6 Å². The molecule has 0 N–H and O–H groups in total. The summed E-state index contributed by atoms with van der Waals surface area (Å²) in [5, 5.41) is -0.0177. The second kappa shape index (κ2) is 5.46. The van der Waals surface area contributed by atoms with Crippen LogP contribution in [0.15, 0.2) is 24.3 Å². The first-order chi connectivity index (χ1) is 8.52. The van der Waals surface area contributed by atoms with E-state index in [0.717, 1.165) is 6.42 Å². The highest BCUT2D eigenvalue weighted by atomic mass is 35.5. The zero-order valence-electron chi connectivity index (χ0n) is 11.4. The molecule has 2 heteroatoms. The number of hydrogen-bond acceptors (Lipinski definition) is 1. The summed E-state index contributed by atoms with van der Waals surface area (Å²) in [5.41, 5.74) is 5.16. The molecular weight excluding hydrogens is 260 g/mol. The van der Waals surface area contributed by atoms with E-state index >= 15 is 0 Å². The van der Waals surface area contributed by atoms with Crippen LogP contribution in [0.4, 0.5) is 0 Å². The quantitative estimate of drug-likeness (QED) is 0.645. The van der Waals surface area contributed by atoms with Gasteiger partial charge in [0.2, 0.25) is 0 Å². The average Bonchev–Trinajstić information content (AvgIpc) is 2.75. The number of alkyl halides is 1. The van der Waals surface area contributed by atoms with Crippen molar-refractivity contribution in [3.8, 4) is 0 Å². The summed E-state index contributed by atoms with van der Waals surface area (Å²) in [6.45, 7) is 8.62. The lowest BCUT2D eigenvalue weighted by molar-refractivity contribution is 1.10. The van der Waals surface area contributed by atoms with Crippen molar-refractivity contribution in [2.45, 2.75) is 39.5 Å². The van der Waals surface area contributed by atoms with Crippen LogP contribution in [0.1, 0.15) is 44.3 Å². The molecule has 0 radical (unpaired) electrons. The lowest BCUT2D eigenvalue weighted by Crippen LogP contribution is -1.98. The number of hydrogen-bond donors (Lipinski definition) is 0. The smallest absolute Gasteiger partial charge is 0.0932 e. The molecule has 2 aromatic rings. The second-order valence-corrected chi connectivity index (χ2v) is 6.47. The van der Waals surface area contributed by atoms with Crippen LogP contribution in [0.5, 0.6) is 0 Å². The van der Waals surface area contributed by atoms with Gasteiger partial charge < -0.3 is 0 Å². The molecule has 0 amide bonds. The Hall–Kier alpha value is -0.790. The van der Waals surface area contributed by atoms with Gasteiger partial charge in [0.05, 0.1) is 5.38 Å². The normalized spacial score (nSPS) is 12.7. The van der Waals surface area contributed by atoms with Crippen LogP contribution in [0.25, 0.3) is 0 Å². The van der Waals surface area contributed by atoms with E-state index in [4.69, 9.17) is 11.6 Å². The van der Waals surface area contributed by atoms with Crippen LogP contribution in [0.2, 0.25) is 0 Å². The highest BCUT2D eigenvalue weighted by molar-refractivity contribution is 7.12. The molecule has 0 nitrogen and oxygen atoms in total. The van der Waals surface area contributed by atoms with Crippen LogP contribution in [0, 0.1) is 20.8 Å². The van der Waals surface area contributed by atoms with Crippen LogP contribution in [0.3, 0.4) is 0 Å². The minimum Gasteiger partial charge on any atom is -0.143 e. The van der Waals surface area contributed by atoms with E-state index < -0.39 is 0 Å². The molecular formula is C16H19ClS. The Morgan fingerprint density at radius 1 is 1.11 bits per heavy atom. The topological polar surface area (TPSA) is 0 Å². The summed E-state index contributed by atoms with van der Waals surface area (Å²) in [6, 6.07) is 8.78. The van der Waals surface area contributed by atoms with E-state index in [-0.39, 0.29) is 5.38 Å². The van der Waals surface area contributed by atoms with Gasteiger partial charge in [0.25, 0.3) is 0 Å². The lowest BCUT2D eigenvalue weighted by atomic mass is 9.96. The molecule has 1 atom stereocenters. The third-order valence-electron chi connectivity index (χ3n) is 3.27. The van der Waals surface area contributed by atoms with Crippen molar-refractivity contribution in [3.05, 3.63) is 56.3 Å². The molecule has 1 heterocycles. The fraction of sp³-hybridized carbons (Fsp3) is 0.375. The molecule has 0 saturated carbocycles. The van der Waals surface area contributed by atoms with Crippen molar-refractivity contribution >= 4 is 22.9 Å². The predicted octanol–water partition coefficient (Wildman–Crippen LogP) is 5.56. The summed E-state index contributed by atoms with van der Waals surface area (Å²) < 4.78 is 0. The standard InChI is InChI=1S/C16H19ClS/c1-5-13-6-7-14(18-13)16(17)15-11(3)8-10(2)9-12(15)4/h6-9,16H,5H2,1-4H3. The highest BCUT2D eigenvalue weighted by Gasteiger charge is 2.17. The second-order valence-electron chi connectivity index (χ2n) is 4.83. The van der Waals surface area contributed by atoms with Crippen LogP contribution in [-0.4, -0.2) is 0 Å². The van der Waals surface area contributed by atoms with Gasteiger partial charge in [-0.2, -0.15) is 0 Å². The van der Waals surface area contributed by atoms with Gasteiger partial charge >= 0.3 is 0 Å². The lowest BCUT2D eigenvalue weighted by Gasteiger charge is -2.15. The van der Waals surface area contributed by atoms with E-state index in [1.807, 2.05) is 11.3 Å². The molecule has 0 spiro atoms. The van der Waals surface area contributed by atoms with Crippen molar-refractivity contribution < 1.29 is 0 Å². The third kappa shape index (κ3) is 2.62. The first-order valence-corrected chi connectivity index (χ1v) is 7.58. The Morgan fingerprint density at radius 2 is 1.72 bits per heavy atom. The van der Waals surface area contributed by atoms with Crippen molar-refractivity contribution in [1.29, 1.82) is 0 Å². The fourth-order valence-corrected chi connectivity index (χ4v) is 3.95. The first kappa shape index (κ1) is 13.6. The third-order valence-corrected chi connectivity index (χ3v) is 5.15. The van der Waals surface area contributed by atoms with Gasteiger partial charge in [-0.15, -0.1) is 22.9 Å². The largest absolute Gasteiger partial charge is 0.143 e. The molecule has 1 aromatic carbocycles. The molecule has 18 heavy (non-hydrogen) atoms. The van der Waals surface area contributed by atoms with Gasteiger partial charge in [0, 0.05) is 9.75 Å². The summed E-state index contributed by atoms with van der Waals surface area (Å²) >= 11 is 8.50. The summed E-state index contributed by atoms with van der Waals surface area (Å²) in [7, 11) is 0. The average molecular weight is 279 g/mol. The predicted molar refractivity (Wildman–Crippen MR) is 82.0 cm³/mol. The van der Waals surface area contributed by atoms with Crippen molar-refractivity contribution in [2.24, 2.45) is 0 Å². The van der Waals surface area contributed by atoms with Gasteiger partial charge in [-0.05, 0) is 56.0 Å². The SMILES string of the molecule is CCc1ccc(C(Cl)c2c(C)cc(C)cc2C)s1. The zero-order valence-corrected chi connectivity index (χ0v) is 13.0. The molecule has 1 aromatic heterocycles. The molecule has 0 saturated heterocycles. The summed E-state index contributed by atoms with van der Waals surface area (Å²) in [6.07, 6.45) is 1.08. The fourth-order valence-electron chi connectivity index (χ4n) is 2.45. The first-order valence-electron chi connectivity index (χ1n) is 6.33. The van der Waals surface area contributed by atoms with Crippen molar-refractivity contribution in [1.82, 2.24) is 0 Å². The number of thiophene rings is 1. The van der Waals surface area contributed by atoms with Gasteiger partial charge in [0.15, 0.2) is 0 Å². The number of halogens is 1. The van der Waals surface area contributed by atoms with Crippen molar-refractivity contribution in [2.75, 3.05) is 0 Å². The molecule has 0 aliphatic rings. The Morgan fingerprint density at radius 3 is 2.22 bits per heavy atom. The molecule has 0 bridgehead atoms. The van der Waals surface area contributed by atoms with E-state index in [2.05, 4.69) is 52.0 Å². The Balaban J connectivity index is 2.42. The van der Waals surface area contributed by atoms with E-state index in [0.29, 0.717) is 0 Å². The van der Waals surface area contributed by atoms with E-state index in [9.17, 15) is 0 Å². The number of aryl methyl sites for hydroxylation is 4. The van der Waals surface area contributed by atoms with Gasteiger partial charge in [-0.25, -0.2) is 0 Å². The maximum Gasteiger partial charge on any atom is 0.0932 e. The Bertz CT molecular complexity index is 531. The minimum absolute atomic E-state index is 0.0177. The van der Waals surface area contributed by atoms with Crippen LogP contribution in [-0.2, 0) is 6.42 Å². The Labute approximate surface area is 119 Å². The van der Waals surface area contributed by atoms with Gasteiger partial charge in [-0.3, -0.25) is 0 Å². The summed E-state index contributed by atoms with van der Waals surface area (Å²) in [4.78, 5) is 2.65. The Kier molecular flexibility index (Phi) is 4.14. The van der Waals surface area contributed by atoms with Crippen molar-refractivity contribution in [3.63, 3.8) is 0 Å². The highest BCUT2D eigenvalue weighted by Crippen LogP contribution is 2.37. The minimum atomic E-state index is -0.0177. The molecule has 2 rings (SSSR count). The monoisotopic (exact) mass is 278 g/mol. The molecule has 0 aliphatic carbocycles. The molecule has 96 valence electrons. The molecule has 0 aliphatic heterocycles. The maximum atomic E-state index is 6.68. The van der Waals surface area contributed by atoms with Crippen LogP contribution < -0.4 is 0 Å². The van der Waals surface area contributed by atoms with Crippen LogP contribution >= 0.6 is 22.9 Å². The number of benzene rings is 1. The zero-order chi connectivity index (χ0) is 13.3. The van der Waals surface area contributed by atoms with E-state index in [1.165, 1.54) is 32.0 Å². The maximum absolute atomic E-state index is 6.68. The van der Waals surface area contributed by atoms with Gasteiger partial charge in [0.1, 0.15) is 0 Å². The number of rotatable bonds is 3.